The number of anilines is 1. The lowest BCUT2D eigenvalue weighted by Crippen LogP contribution is -2.50. The molecule has 37 heavy (non-hydrogen) atoms. The number of aromatic hydroxyl groups is 1. The molecule has 0 atom stereocenters. The third-order valence-corrected chi connectivity index (χ3v) is 7.60. The van der Waals surface area contributed by atoms with Crippen LogP contribution in [0.25, 0.3) is 10.9 Å². The quantitative estimate of drug-likeness (QED) is 0.448. The van der Waals surface area contributed by atoms with Crippen molar-refractivity contribution < 1.29 is 24.1 Å². The summed E-state index contributed by atoms with van der Waals surface area (Å²) in [5.74, 6) is 1.97. The Bertz CT molecular complexity index is 1240. The van der Waals surface area contributed by atoms with E-state index in [2.05, 4.69) is 10.3 Å². The molecule has 1 saturated carbocycles. The van der Waals surface area contributed by atoms with Gasteiger partial charge in [0.1, 0.15) is 5.60 Å². The van der Waals surface area contributed by atoms with Crippen LogP contribution >= 0.6 is 0 Å². The molecule has 2 heterocycles. The lowest BCUT2D eigenvalue weighted by Gasteiger charge is -2.44. The standard InChI is InChI=1S/C28H34N4O5/c1-35-23-15-21-22(16-24(23)36-2)30-26(31-25(21)33)32-13-11-28(12-14-32,17-19-9-6-10-19)37-27(34)29-18-20-7-4-3-5-8-20/h3-5,7-8,15-16,19H,6,9-14,17-18H2,1-2H3,(H,29,34)(H,30,31,33). The van der Waals surface area contributed by atoms with Crippen LogP contribution < -0.4 is 19.7 Å². The van der Waals surface area contributed by atoms with Crippen LogP contribution in [0.5, 0.6) is 17.4 Å². The van der Waals surface area contributed by atoms with Gasteiger partial charge in [-0.3, -0.25) is 0 Å². The number of methoxy groups -OCH3 is 2. The Kier molecular flexibility index (Phi) is 7.21. The number of nitrogens with one attached hydrogen (secondary N) is 1. The maximum absolute atomic E-state index is 12.8. The van der Waals surface area contributed by atoms with Gasteiger partial charge in [0, 0.05) is 38.5 Å². The van der Waals surface area contributed by atoms with Crippen LogP contribution in [0.4, 0.5) is 10.7 Å². The van der Waals surface area contributed by atoms with Crippen molar-refractivity contribution in [3.63, 3.8) is 0 Å². The first-order valence-electron chi connectivity index (χ1n) is 12.9. The molecular weight excluding hydrogens is 472 g/mol. The van der Waals surface area contributed by atoms with E-state index in [1.807, 2.05) is 35.2 Å². The van der Waals surface area contributed by atoms with Crippen molar-refractivity contribution in [3.05, 3.63) is 48.0 Å². The number of alkyl carbamates (subject to hydrolysis) is 1. The Hall–Kier alpha value is -3.75. The molecule has 1 aliphatic heterocycles. The van der Waals surface area contributed by atoms with Gasteiger partial charge >= 0.3 is 6.09 Å². The fourth-order valence-electron chi connectivity index (χ4n) is 5.26. The highest BCUT2D eigenvalue weighted by Crippen LogP contribution is 2.41. The molecule has 0 bridgehead atoms. The Labute approximate surface area is 216 Å². The van der Waals surface area contributed by atoms with Gasteiger partial charge in [-0.2, -0.15) is 4.98 Å². The number of fused-ring (bicyclic) bond motifs is 1. The van der Waals surface area contributed by atoms with Crippen LogP contribution in [0.15, 0.2) is 42.5 Å². The van der Waals surface area contributed by atoms with Crippen LogP contribution in [0.2, 0.25) is 0 Å². The molecule has 9 heteroatoms. The van der Waals surface area contributed by atoms with Gasteiger partial charge in [-0.15, -0.1) is 0 Å². The number of hydrogen-bond donors (Lipinski definition) is 2. The molecule has 1 amide bonds. The van der Waals surface area contributed by atoms with Crippen LogP contribution in [0, 0.1) is 5.92 Å². The summed E-state index contributed by atoms with van der Waals surface area (Å²) in [7, 11) is 3.11. The molecule has 1 saturated heterocycles. The van der Waals surface area contributed by atoms with Crippen molar-refractivity contribution in [3.8, 4) is 17.4 Å². The highest BCUT2D eigenvalue weighted by atomic mass is 16.6. The average molecular weight is 507 g/mol. The normalized spacial score (nSPS) is 17.2. The number of carbonyl (C=O) groups excluding carboxylic acids is 1. The Morgan fingerprint density at radius 1 is 1.08 bits per heavy atom. The molecule has 1 aromatic heterocycles. The number of benzene rings is 2. The molecule has 5 rings (SSSR count). The second-order valence-electron chi connectivity index (χ2n) is 9.97. The SMILES string of the molecule is COc1cc2nc(N3CCC(CC4CCC4)(OC(=O)NCc4ccccc4)CC3)nc(O)c2cc1OC. The smallest absolute Gasteiger partial charge is 0.407 e. The number of aromatic nitrogens is 2. The van der Waals surface area contributed by atoms with Gasteiger partial charge in [0.05, 0.1) is 25.1 Å². The number of amides is 1. The minimum atomic E-state index is -0.516. The molecule has 1 aliphatic carbocycles. The van der Waals surface area contributed by atoms with Crippen molar-refractivity contribution in [1.29, 1.82) is 0 Å². The van der Waals surface area contributed by atoms with Gasteiger partial charge in [-0.1, -0.05) is 49.6 Å². The molecule has 0 spiro atoms. The Morgan fingerprint density at radius 3 is 2.43 bits per heavy atom. The number of hydrogen-bond acceptors (Lipinski definition) is 8. The topological polar surface area (TPSA) is 106 Å². The van der Waals surface area contributed by atoms with E-state index in [1.54, 1.807) is 26.4 Å². The maximum atomic E-state index is 12.8. The van der Waals surface area contributed by atoms with Crippen molar-refractivity contribution in [2.75, 3.05) is 32.2 Å². The van der Waals surface area contributed by atoms with Crippen LogP contribution in [-0.4, -0.2) is 54.1 Å². The van der Waals surface area contributed by atoms with Crippen molar-refractivity contribution in [2.24, 2.45) is 5.92 Å². The lowest BCUT2D eigenvalue weighted by atomic mass is 9.74. The summed E-state index contributed by atoms with van der Waals surface area (Å²) in [4.78, 5) is 23.9. The maximum Gasteiger partial charge on any atom is 0.407 e. The lowest BCUT2D eigenvalue weighted by molar-refractivity contribution is -0.0334. The van der Waals surface area contributed by atoms with E-state index < -0.39 is 5.60 Å². The van der Waals surface area contributed by atoms with E-state index >= 15 is 0 Å². The molecule has 9 nitrogen and oxygen atoms in total. The molecular formula is C28H34N4O5. The summed E-state index contributed by atoms with van der Waals surface area (Å²) in [6, 6.07) is 13.2. The number of carbonyl (C=O) groups is 1. The van der Waals surface area contributed by atoms with Crippen molar-refractivity contribution in [2.45, 2.75) is 50.7 Å². The zero-order chi connectivity index (χ0) is 25.8. The first-order valence-corrected chi connectivity index (χ1v) is 12.9. The fraction of sp³-hybridized carbons (Fsp3) is 0.464. The molecule has 196 valence electrons. The summed E-state index contributed by atoms with van der Waals surface area (Å²) >= 11 is 0. The fourth-order valence-corrected chi connectivity index (χ4v) is 5.26. The van der Waals surface area contributed by atoms with Gasteiger partial charge in [0.15, 0.2) is 11.5 Å². The van der Waals surface area contributed by atoms with Gasteiger partial charge < -0.3 is 29.5 Å². The largest absolute Gasteiger partial charge is 0.493 e. The molecule has 2 fully saturated rings. The number of piperidine rings is 1. The zero-order valence-corrected chi connectivity index (χ0v) is 21.4. The summed E-state index contributed by atoms with van der Waals surface area (Å²) < 4.78 is 16.9. The summed E-state index contributed by atoms with van der Waals surface area (Å²) in [5, 5.41) is 14.1. The monoisotopic (exact) mass is 506 g/mol. The Morgan fingerprint density at radius 2 is 1.78 bits per heavy atom. The first kappa shape index (κ1) is 24.9. The minimum absolute atomic E-state index is 0.108. The number of nitrogens with zero attached hydrogens (tertiary/aromatic N) is 3. The summed E-state index contributed by atoms with van der Waals surface area (Å²) in [6.45, 7) is 1.68. The summed E-state index contributed by atoms with van der Waals surface area (Å²) in [6.07, 6.45) is 5.47. The van der Waals surface area contributed by atoms with Gasteiger partial charge in [-0.05, 0) is 24.0 Å². The Balaban J connectivity index is 1.29. The van der Waals surface area contributed by atoms with E-state index in [0.29, 0.717) is 66.7 Å². The zero-order valence-electron chi connectivity index (χ0n) is 21.4. The van der Waals surface area contributed by atoms with E-state index in [4.69, 9.17) is 19.2 Å². The third kappa shape index (κ3) is 5.50. The first-order chi connectivity index (χ1) is 18.0. The molecule has 2 aliphatic rings. The molecule has 2 N–H and O–H groups in total. The third-order valence-electron chi connectivity index (χ3n) is 7.60. The average Bonchev–Trinajstić information content (AvgIpc) is 2.90. The van der Waals surface area contributed by atoms with E-state index in [1.165, 1.54) is 19.3 Å². The van der Waals surface area contributed by atoms with Crippen LogP contribution in [0.1, 0.15) is 44.1 Å². The number of ether oxygens (including phenoxy) is 3. The van der Waals surface area contributed by atoms with E-state index in [9.17, 15) is 9.90 Å². The summed E-state index contributed by atoms with van der Waals surface area (Å²) in [5.41, 5.74) is 1.09. The van der Waals surface area contributed by atoms with Gasteiger partial charge in [0.25, 0.3) is 0 Å². The van der Waals surface area contributed by atoms with Crippen molar-refractivity contribution in [1.82, 2.24) is 15.3 Å². The van der Waals surface area contributed by atoms with Crippen molar-refractivity contribution >= 4 is 22.9 Å². The number of rotatable bonds is 8. The molecule has 2 aromatic carbocycles. The molecule has 3 aromatic rings. The second kappa shape index (κ2) is 10.7. The second-order valence-corrected chi connectivity index (χ2v) is 9.97. The van der Waals surface area contributed by atoms with Gasteiger partial charge in [0.2, 0.25) is 11.8 Å². The van der Waals surface area contributed by atoms with Crippen LogP contribution in [0.3, 0.4) is 0 Å². The highest BCUT2D eigenvalue weighted by Gasteiger charge is 2.42. The van der Waals surface area contributed by atoms with E-state index in [-0.39, 0.29) is 12.0 Å². The van der Waals surface area contributed by atoms with E-state index in [0.717, 1.165) is 12.0 Å². The highest BCUT2D eigenvalue weighted by molar-refractivity contribution is 5.87. The predicted molar refractivity (Wildman–Crippen MR) is 140 cm³/mol. The van der Waals surface area contributed by atoms with Gasteiger partial charge in [-0.25, -0.2) is 9.78 Å². The minimum Gasteiger partial charge on any atom is -0.493 e. The molecule has 0 unspecified atom stereocenters. The predicted octanol–water partition coefficient (Wildman–Crippen LogP) is 4.81. The molecule has 0 radical (unpaired) electrons. The van der Waals surface area contributed by atoms with Crippen LogP contribution in [-0.2, 0) is 11.3 Å².